The third kappa shape index (κ3) is 9.39. The molecular formula is C8H15O4. The van der Waals surface area contributed by atoms with Crippen molar-refractivity contribution in [3.8, 4) is 0 Å². The summed E-state index contributed by atoms with van der Waals surface area (Å²) in [5, 5.41) is 0. The third-order valence-corrected chi connectivity index (χ3v) is 1.07. The Labute approximate surface area is 72.8 Å². The molecule has 71 valence electrons. The van der Waals surface area contributed by atoms with Crippen LogP contribution >= 0.6 is 0 Å². The zero-order valence-corrected chi connectivity index (χ0v) is 7.16. The summed E-state index contributed by atoms with van der Waals surface area (Å²) in [6.45, 7) is 6.51. The normalized spacial score (nSPS) is 9.75. The van der Waals surface area contributed by atoms with E-state index in [0.717, 1.165) is 6.42 Å². The van der Waals surface area contributed by atoms with Gasteiger partial charge in [-0.1, -0.05) is 6.92 Å². The van der Waals surface area contributed by atoms with Gasteiger partial charge in [-0.3, -0.25) is 4.79 Å². The van der Waals surface area contributed by atoms with Gasteiger partial charge >= 0.3 is 0 Å². The van der Waals surface area contributed by atoms with Crippen molar-refractivity contribution in [1.82, 2.24) is 0 Å². The topological polar surface area (TPSA) is 44.8 Å². The summed E-state index contributed by atoms with van der Waals surface area (Å²) in [6.07, 6.45) is 0.772. The van der Waals surface area contributed by atoms with Crippen molar-refractivity contribution in [3.05, 3.63) is 6.92 Å². The molecule has 0 saturated heterocycles. The minimum absolute atomic E-state index is 0.304. The van der Waals surface area contributed by atoms with E-state index in [2.05, 4.69) is 11.7 Å². The highest BCUT2D eigenvalue weighted by molar-refractivity contribution is 5.36. The van der Waals surface area contributed by atoms with Crippen molar-refractivity contribution in [2.75, 3.05) is 33.0 Å². The second-order valence-electron chi connectivity index (χ2n) is 2.05. The van der Waals surface area contributed by atoms with Crippen LogP contribution in [0.15, 0.2) is 0 Å². The summed E-state index contributed by atoms with van der Waals surface area (Å²) >= 11 is 0. The number of carbonyl (C=O) groups is 1. The largest absolute Gasteiger partial charge is 0.465 e. The Kier molecular flexibility index (Phi) is 9.86. The fourth-order valence-corrected chi connectivity index (χ4v) is 0.579. The summed E-state index contributed by atoms with van der Waals surface area (Å²) in [5.74, 6) is 0. The molecule has 1 radical (unpaired) electrons. The highest BCUT2D eigenvalue weighted by atomic mass is 16.6. The molecule has 0 heterocycles. The van der Waals surface area contributed by atoms with Crippen LogP contribution in [0.2, 0.25) is 0 Å². The van der Waals surface area contributed by atoms with E-state index in [1.807, 2.05) is 0 Å². The van der Waals surface area contributed by atoms with Crippen LogP contribution in [-0.2, 0) is 19.0 Å². The fraction of sp³-hybridized carbons (Fsp3) is 0.750. The first-order valence-corrected chi connectivity index (χ1v) is 3.91. The molecule has 4 heteroatoms. The van der Waals surface area contributed by atoms with E-state index in [0.29, 0.717) is 39.5 Å². The van der Waals surface area contributed by atoms with Crippen LogP contribution in [0, 0.1) is 6.92 Å². The molecule has 0 spiro atoms. The Morgan fingerprint density at radius 1 is 1.00 bits per heavy atom. The standard InChI is InChI=1S/C8H15O4/c1-2-3-10-4-5-11-6-7-12-8-9/h8H,1-7H2. The van der Waals surface area contributed by atoms with Gasteiger partial charge in [0.05, 0.1) is 19.8 Å². The van der Waals surface area contributed by atoms with Crippen LogP contribution in [0.25, 0.3) is 0 Å². The Hall–Kier alpha value is -0.610. The number of ether oxygens (including phenoxy) is 3. The maximum Gasteiger partial charge on any atom is 0.293 e. The Bertz CT molecular complexity index is 95.1. The molecule has 0 saturated carbocycles. The molecule has 0 aliphatic carbocycles. The Morgan fingerprint density at radius 2 is 1.58 bits per heavy atom. The van der Waals surface area contributed by atoms with E-state index >= 15 is 0 Å². The van der Waals surface area contributed by atoms with E-state index in [4.69, 9.17) is 9.47 Å². The number of rotatable bonds is 9. The molecule has 0 aromatic heterocycles. The van der Waals surface area contributed by atoms with Crippen LogP contribution in [0.1, 0.15) is 6.42 Å². The van der Waals surface area contributed by atoms with E-state index in [9.17, 15) is 4.79 Å². The molecule has 0 rings (SSSR count). The van der Waals surface area contributed by atoms with E-state index in [-0.39, 0.29) is 0 Å². The molecule has 0 unspecified atom stereocenters. The fourth-order valence-electron chi connectivity index (χ4n) is 0.579. The molecule has 0 aromatic rings. The highest BCUT2D eigenvalue weighted by Crippen LogP contribution is 1.81. The van der Waals surface area contributed by atoms with Crippen molar-refractivity contribution in [2.45, 2.75) is 6.42 Å². The van der Waals surface area contributed by atoms with E-state index in [1.54, 1.807) is 0 Å². The predicted molar refractivity (Wildman–Crippen MR) is 43.6 cm³/mol. The molecule has 12 heavy (non-hydrogen) atoms. The quantitative estimate of drug-likeness (QED) is 0.376. The minimum Gasteiger partial charge on any atom is -0.465 e. The molecular weight excluding hydrogens is 160 g/mol. The van der Waals surface area contributed by atoms with E-state index in [1.165, 1.54) is 0 Å². The van der Waals surface area contributed by atoms with Crippen LogP contribution < -0.4 is 0 Å². The van der Waals surface area contributed by atoms with Crippen molar-refractivity contribution >= 4 is 6.47 Å². The van der Waals surface area contributed by atoms with Gasteiger partial charge in [0.2, 0.25) is 0 Å². The molecule has 0 aliphatic heterocycles. The van der Waals surface area contributed by atoms with Gasteiger partial charge in [0, 0.05) is 6.61 Å². The molecule has 4 nitrogen and oxygen atoms in total. The molecule has 0 aliphatic rings. The van der Waals surface area contributed by atoms with Gasteiger partial charge < -0.3 is 14.2 Å². The molecule has 0 aromatic carbocycles. The Morgan fingerprint density at radius 3 is 2.17 bits per heavy atom. The predicted octanol–water partition coefficient (Wildman–Crippen LogP) is 0.417. The summed E-state index contributed by atoms with van der Waals surface area (Å²) in [5.41, 5.74) is 0. The smallest absolute Gasteiger partial charge is 0.293 e. The van der Waals surface area contributed by atoms with Crippen molar-refractivity contribution in [2.24, 2.45) is 0 Å². The van der Waals surface area contributed by atoms with Gasteiger partial charge in [0.25, 0.3) is 6.47 Å². The van der Waals surface area contributed by atoms with Crippen molar-refractivity contribution in [3.63, 3.8) is 0 Å². The van der Waals surface area contributed by atoms with Crippen molar-refractivity contribution in [1.29, 1.82) is 0 Å². The Balaban J connectivity index is 2.77. The summed E-state index contributed by atoms with van der Waals surface area (Å²) < 4.78 is 14.5. The first-order chi connectivity index (χ1) is 5.91. The SMILES string of the molecule is [CH2]CCOCCOCCOC=O. The summed E-state index contributed by atoms with van der Waals surface area (Å²) in [6, 6.07) is 0. The maximum atomic E-state index is 9.67. The van der Waals surface area contributed by atoms with Crippen LogP contribution in [0.5, 0.6) is 0 Å². The van der Waals surface area contributed by atoms with Gasteiger partial charge in [0.1, 0.15) is 6.61 Å². The first-order valence-electron chi connectivity index (χ1n) is 3.91. The average molecular weight is 175 g/mol. The zero-order chi connectivity index (χ0) is 9.07. The molecule has 0 N–H and O–H groups in total. The van der Waals surface area contributed by atoms with Gasteiger partial charge in [0.15, 0.2) is 0 Å². The lowest BCUT2D eigenvalue weighted by atomic mass is 10.5. The van der Waals surface area contributed by atoms with Crippen LogP contribution in [0.4, 0.5) is 0 Å². The van der Waals surface area contributed by atoms with Gasteiger partial charge in [-0.2, -0.15) is 0 Å². The minimum atomic E-state index is 0.304. The molecule has 0 atom stereocenters. The van der Waals surface area contributed by atoms with Gasteiger partial charge in [-0.25, -0.2) is 0 Å². The number of carbonyl (C=O) groups excluding carboxylic acids is 1. The first kappa shape index (κ1) is 11.4. The van der Waals surface area contributed by atoms with Crippen LogP contribution in [0.3, 0.4) is 0 Å². The zero-order valence-electron chi connectivity index (χ0n) is 7.16. The lowest BCUT2D eigenvalue weighted by Crippen LogP contribution is -2.09. The monoisotopic (exact) mass is 175 g/mol. The average Bonchev–Trinajstić information content (AvgIpc) is 2.10. The van der Waals surface area contributed by atoms with Crippen LogP contribution in [-0.4, -0.2) is 39.5 Å². The molecule has 0 bridgehead atoms. The maximum absolute atomic E-state index is 9.67. The second kappa shape index (κ2) is 10.4. The second-order valence-corrected chi connectivity index (χ2v) is 2.05. The summed E-state index contributed by atoms with van der Waals surface area (Å²) in [7, 11) is 0. The molecule has 0 fully saturated rings. The lowest BCUT2D eigenvalue weighted by Gasteiger charge is -2.03. The highest BCUT2D eigenvalue weighted by Gasteiger charge is 1.88. The van der Waals surface area contributed by atoms with E-state index < -0.39 is 0 Å². The third-order valence-electron chi connectivity index (χ3n) is 1.07. The lowest BCUT2D eigenvalue weighted by molar-refractivity contribution is -0.130. The van der Waals surface area contributed by atoms with Gasteiger partial charge in [-0.05, 0) is 6.42 Å². The summed E-state index contributed by atoms with van der Waals surface area (Å²) in [4.78, 5) is 9.67. The van der Waals surface area contributed by atoms with Gasteiger partial charge in [-0.15, -0.1) is 0 Å². The molecule has 0 amide bonds. The van der Waals surface area contributed by atoms with Crippen molar-refractivity contribution < 1.29 is 19.0 Å². The number of hydrogen-bond acceptors (Lipinski definition) is 4. The number of hydrogen-bond donors (Lipinski definition) is 0.